The van der Waals surface area contributed by atoms with Crippen molar-refractivity contribution >= 4 is 11.6 Å². The number of aliphatic hydroxyl groups is 1. The monoisotopic (exact) mass is 292 g/mol. The van der Waals surface area contributed by atoms with Gasteiger partial charge in [0, 0.05) is 43.1 Å². The minimum Gasteiger partial charge on any atom is -0.391 e. The number of anilines is 1. The Kier molecular flexibility index (Phi) is 5.52. The van der Waals surface area contributed by atoms with Gasteiger partial charge in [0.2, 0.25) is 5.91 Å². The van der Waals surface area contributed by atoms with Gasteiger partial charge >= 0.3 is 0 Å². The highest BCUT2D eigenvalue weighted by Gasteiger charge is 2.30. The summed E-state index contributed by atoms with van der Waals surface area (Å²) in [5, 5.41) is 15.9. The minimum atomic E-state index is -0.563. The Hall–Kier alpha value is -1.66. The van der Waals surface area contributed by atoms with Crippen molar-refractivity contribution in [1.29, 1.82) is 0 Å². The third-order valence-electron chi connectivity index (χ3n) is 4.00. The van der Waals surface area contributed by atoms with Crippen LogP contribution in [-0.4, -0.2) is 41.2 Å². The molecule has 6 heteroatoms. The first kappa shape index (κ1) is 15.7. The van der Waals surface area contributed by atoms with E-state index in [2.05, 4.69) is 15.6 Å². The molecule has 0 radical (unpaired) electrons. The Balaban J connectivity index is 1.69. The Morgan fingerprint density at radius 3 is 3.00 bits per heavy atom. The smallest absolute Gasteiger partial charge is 0.223 e. The molecule has 116 valence electrons. The summed E-state index contributed by atoms with van der Waals surface area (Å²) >= 11 is 0. The number of pyridine rings is 1. The summed E-state index contributed by atoms with van der Waals surface area (Å²) in [5.74, 6) is -0.114. The third-order valence-corrected chi connectivity index (χ3v) is 4.00. The number of nitrogens with zero attached hydrogens (tertiary/aromatic N) is 1. The van der Waals surface area contributed by atoms with Crippen molar-refractivity contribution in [2.75, 3.05) is 18.4 Å². The van der Waals surface area contributed by atoms with Gasteiger partial charge in [0.05, 0.1) is 6.10 Å². The number of aliphatic hydroxyl groups excluding tert-OH is 1. The lowest BCUT2D eigenvalue weighted by molar-refractivity contribution is -0.127. The fourth-order valence-electron chi connectivity index (χ4n) is 2.61. The Morgan fingerprint density at radius 2 is 2.29 bits per heavy atom. The lowest BCUT2D eigenvalue weighted by Crippen LogP contribution is -2.45. The van der Waals surface area contributed by atoms with Crippen molar-refractivity contribution in [1.82, 2.24) is 10.3 Å². The van der Waals surface area contributed by atoms with Gasteiger partial charge in [-0.1, -0.05) is 0 Å². The highest BCUT2D eigenvalue weighted by Crippen LogP contribution is 2.23. The normalized spacial score (nSPS) is 25.4. The molecule has 21 heavy (non-hydrogen) atoms. The minimum absolute atomic E-state index is 0.00852. The fourth-order valence-corrected chi connectivity index (χ4v) is 2.61. The molecule has 1 aliphatic rings. The molecule has 1 heterocycles. The Morgan fingerprint density at radius 1 is 1.48 bits per heavy atom. The quantitative estimate of drug-likeness (QED) is 0.589. The molecule has 0 aromatic carbocycles. The summed E-state index contributed by atoms with van der Waals surface area (Å²) in [4.78, 5) is 16.1. The second kappa shape index (κ2) is 7.38. The number of carbonyl (C=O) groups excluding carboxylic acids is 1. The summed E-state index contributed by atoms with van der Waals surface area (Å²) in [6.07, 6.45) is 4.89. The third kappa shape index (κ3) is 4.41. The van der Waals surface area contributed by atoms with Crippen LogP contribution in [0.5, 0.6) is 0 Å². The molecule has 0 bridgehead atoms. The number of hydrogen-bond acceptors (Lipinski definition) is 5. The van der Waals surface area contributed by atoms with Crippen LogP contribution < -0.4 is 16.4 Å². The van der Waals surface area contributed by atoms with Crippen LogP contribution in [0.2, 0.25) is 0 Å². The summed E-state index contributed by atoms with van der Waals surface area (Å²) in [7, 11) is 0. The van der Waals surface area contributed by atoms with E-state index in [0.717, 1.165) is 17.7 Å². The molecular formula is C15H24N4O2. The van der Waals surface area contributed by atoms with Crippen molar-refractivity contribution in [3.63, 3.8) is 0 Å². The largest absolute Gasteiger partial charge is 0.391 e. The van der Waals surface area contributed by atoms with Crippen LogP contribution in [0.25, 0.3) is 0 Å². The average Bonchev–Trinajstić information content (AvgIpc) is 2.48. The SMILES string of the molecule is Cc1cnccc1NCCNC(=O)[C@H]1CC[C@H](N)[C@@H](O)C1. The zero-order valence-corrected chi connectivity index (χ0v) is 12.4. The number of nitrogens with two attached hydrogens (primary N) is 1. The van der Waals surface area contributed by atoms with Gasteiger partial charge in [-0.15, -0.1) is 0 Å². The van der Waals surface area contributed by atoms with Gasteiger partial charge in [0.25, 0.3) is 0 Å². The number of carbonyl (C=O) groups is 1. The van der Waals surface area contributed by atoms with Crippen LogP contribution in [0.15, 0.2) is 18.5 Å². The lowest BCUT2D eigenvalue weighted by Gasteiger charge is -2.29. The number of aromatic nitrogens is 1. The van der Waals surface area contributed by atoms with E-state index in [4.69, 9.17) is 5.73 Å². The zero-order chi connectivity index (χ0) is 15.2. The van der Waals surface area contributed by atoms with Crippen LogP contribution in [0, 0.1) is 12.8 Å². The molecule has 0 saturated heterocycles. The van der Waals surface area contributed by atoms with Gasteiger partial charge in [0.15, 0.2) is 0 Å². The maximum absolute atomic E-state index is 12.0. The number of rotatable bonds is 5. The van der Waals surface area contributed by atoms with Crippen LogP contribution in [0.3, 0.4) is 0 Å². The second-order valence-corrected chi connectivity index (χ2v) is 5.65. The summed E-state index contributed by atoms with van der Waals surface area (Å²) in [6.45, 7) is 3.20. The topological polar surface area (TPSA) is 100 Å². The molecule has 0 aliphatic heterocycles. The van der Waals surface area contributed by atoms with Crippen LogP contribution in [-0.2, 0) is 4.79 Å². The van der Waals surface area contributed by atoms with E-state index in [0.29, 0.717) is 25.9 Å². The predicted molar refractivity (Wildman–Crippen MR) is 81.8 cm³/mol. The van der Waals surface area contributed by atoms with Gasteiger partial charge in [-0.25, -0.2) is 0 Å². The number of hydrogen-bond donors (Lipinski definition) is 4. The summed E-state index contributed by atoms with van der Waals surface area (Å²) in [5.41, 5.74) is 7.85. The molecule has 1 aliphatic carbocycles. The maximum atomic E-state index is 12.0. The number of nitrogens with one attached hydrogen (secondary N) is 2. The standard InChI is InChI=1S/C15H24N4O2/c1-10-9-17-5-4-13(10)18-6-7-19-15(21)11-2-3-12(16)14(20)8-11/h4-5,9,11-12,14,20H,2-3,6-8,16H2,1H3,(H,17,18)(H,19,21)/t11-,12-,14-/m0/s1. The zero-order valence-electron chi connectivity index (χ0n) is 12.4. The molecule has 0 spiro atoms. The first-order valence-corrected chi connectivity index (χ1v) is 7.43. The molecule has 1 aromatic heterocycles. The Bertz CT molecular complexity index is 480. The van der Waals surface area contributed by atoms with Crippen molar-refractivity contribution in [3.05, 3.63) is 24.0 Å². The molecule has 1 saturated carbocycles. The first-order valence-electron chi connectivity index (χ1n) is 7.43. The van der Waals surface area contributed by atoms with Crippen LogP contribution in [0.4, 0.5) is 5.69 Å². The van der Waals surface area contributed by atoms with Crippen LogP contribution >= 0.6 is 0 Å². The maximum Gasteiger partial charge on any atom is 0.223 e. The van der Waals surface area contributed by atoms with E-state index in [9.17, 15) is 9.90 Å². The fraction of sp³-hybridized carbons (Fsp3) is 0.600. The highest BCUT2D eigenvalue weighted by atomic mass is 16.3. The molecule has 1 aromatic rings. The molecule has 3 atom stereocenters. The predicted octanol–water partition coefficient (Wildman–Crippen LogP) is 0.406. The van der Waals surface area contributed by atoms with Gasteiger partial charge in [-0.3, -0.25) is 9.78 Å². The van der Waals surface area contributed by atoms with Crippen molar-refractivity contribution in [3.8, 4) is 0 Å². The van der Waals surface area contributed by atoms with E-state index >= 15 is 0 Å². The molecule has 1 amide bonds. The van der Waals surface area contributed by atoms with E-state index in [1.54, 1.807) is 12.4 Å². The van der Waals surface area contributed by atoms with Crippen molar-refractivity contribution in [2.24, 2.45) is 11.7 Å². The molecular weight excluding hydrogens is 268 g/mol. The van der Waals surface area contributed by atoms with Gasteiger partial charge in [0.1, 0.15) is 0 Å². The number of aryl methyl sites for hydroxylation is 1. The van der Waals surface area contributed by atoms with Gasteiger partial charge < -0.3 is 21.5 Å². The molecule has 2 rings (SSSR count). The van der Waals surface area contributed by atoms with E-state index in [-0.39, 0.29) is 17.9 Å². The average molecular weight is 292 g/mol. The Labute approximate surface area is 125 Å². The highest BCUT2D eigenvalue weighted by molar-refractivity contribution is 5.78. The van der Waals surface area contributed by atoms with E-state index < -0.39 is 6.10 Å². The molecule has 5 N–H and O–H groups in total. The summed E-state index contributed by atoms with van der Waals surface area (Å²) in [6, 6.07) is 1.72. The van der Waals surface area contributed by atoms with E-state index in [1.165, 1.54) is 0 Å². The summed E-state index contributed by atoms with van der Waals surface area (Å²) < 4.78 is 0. The van der Waals surface area contributed by atoms with Gasteiger partial charge in [-0.05, 0) is 37.8 Å². The second-order valence-electron chi connectivity index (χ2n) is 5.65. The van der Waals surface area contributed by atoms with Crippen molar-refractivity contribution < 1.29 is 9.90 Å². The molecule has 6 nitrogen and oxygen atoms in total. The lowest BCUT2D eigenvalue weighted by atomic mass is 9.84. The first-order chi connectivity index (χ1) is 10.1. The molecule has 1 fully saturated rings. The van der Waals surface area contributed by atoms with Gasteiger partial charge in [-0.2, -0.15) is 0 Å². The van der Waals surface area contributed by atoms with Crippen molar-refractivity contribution in [2.45, 2.75) is 38.3 Å². The molecule has 0 unspecified atom stereocenters. The van der Waals surface area contributed by atoms with E-state index in [1.807, 2.05) is 13.0 Å². The van der Waals surface area contributed by atoms with Crippen LogP contribution in [0.1, 0.15) is 24.8 Å². The number of amides is 1.